The lowest BCUT2D eigenvalue weighted by atomic mass is 10.1. The molecule has 19 heavy (non-hydrogen) atoms. The molecule has 0 spiro atoms. The van der Waals surface area contributed by atoms with E-state index in [1.165, 1.54) is 22.4 Å². The number of halogens is 1. The molecule has 1 heterocycles. The zero-order valence-corrected chi connectivity index (χ0v) is 13.7. The predicted octanol–water partition coefficient (Wildman–Crippen LogP) is 4.03. The maximum atomic E-state index is 4.45. The summed E-state index contributed by atoms with van der Waals surface area (Å²) in [6, 6.07) is 4.33. The number of nitrogens with zero attached hydrogens (tertiary/aromatic N) is 2. The molecule has 2 rings (SSSR count). The van der Waals surface area contributed by atoms with Gasteiger partial charge >= 0.3 is 0 Å². The Morgan fingerprint density at radius 2 is 1.89 bits per heavy atom. The molecule has 0 radical (unpaired) electrons. The molecular weight excluding hydrogens is 302 g/mol. The van der Waals surface area contributed by atoms with E-state index >= 15 is 0 Å². The van der Waals surface area contributed by atoms with Gasteiger partial charge < -0.3 is 5.32 Å². The van der Waals surface area contributed by atoms with Crippen LogP contribution in [0.2, 0.25) is 0 Å². The number of anilines is 1. The van der Waals surface area contributed by atoms with Crippen molar-refractivity contribution in [1.82, 2.24) is 9.78 Å². The zero-order valence-electron chi connectivity index (χ0n) is 12.1. The van der Waals surface area contributed by atoms with Crippen LogP contribution >= 0.6 is 15.9 Å². The summed E-state index contributed by atoms with van der Waals surface area (Å²) in [6.07, 6.45) is 0. The second kappa shape index (κ2) is 5.37. The summed E-state index contributed by atoms with van der Waals surface area (Å²) in [5, 5.41) is 7.97. The number of rotatable bonds is 3. The standard InChI is InChI=1S/C15H20BrN3/c1-9-6-10(2)15(14(16)7-9)17-8-13-11(3)18-19(5)12(13)4/h6-7,17H,8H2,1-5H3. The average Bonchev–Trinajstić information content (AvgIpc) is 2.53. The Morgan fingerprint density at radius 3 is 2.42 bits per heavy atom. The summed E-state index contributed by atoms with van der Waals surface area (Å²) in [7, 11) is 1.98. The predicted molar refractivity (Wildman–Crippen MR) is 83.6 cm³/mol. The van der Waals surface area contributed by atoms with E-state index in [9.17, 15) is 0 Å². The van der Waals surface area contributed by atoms with Crippen molar-refractivity contribution in [2.24, 2.45) is 7.05 Å². The van der Waals surface area contributed by atoms with Crippen molar-refractivity contribution in [2.45, 2.75) is 34.2 Å². The first kappa shape index (κ1) is 14.1. The van der Waals surface area contributed by atoms with E-state index in [-0.39, 0.29) is 0 Å². The van der Waals surface area contributed by atoms with Gasteiger partial charge in [-0.25, -0.2) is 0 Å². The van der Waals surface area contributed by atoms with Gasteiger partial charge in [-0.05, 0) is 60.8 Å². The monoisotopic (exact) mass is 321 g/mol. The van der Waals surface area contributed by atoms with Gasteiger partial charge in [0.05, 0.1) is 11.4 Å². The van der Waals surface area contributed by atoms with Gasteiger partial charge in [-0.1, -0.05) is 6.07 Å². The van der Waals surface area contributed by atoms with Crippen LogP contribution in [0.1, 0.15) is 28.1 Å². The van der Waals surface area contributed by atoms with E-state index in [0.29, 0.717) is 0 Å². The Kier molecular flexibility index (Phi) is 3.99. The van der Waals surface area contributed by atoms with Gasteiger partial charge in [0.1, 0.15) is 0 Å². The Balaban J connectivity index is 2.24. The molecule has 2 aromatic rings. The molecule has 0 bridgehead atoms. The largest absolute Gasteiger partial charge is 0.380 e. The number of hydrogen-bond donors (Lipinski definition) is 1. The molecule has 102 valence electrons. The maximum absolute atomic E-state index is 4.45. The minimum Gasteiger partial charge on any atom is -0.380 e. The Morgan fingerprint density at radius 1 is 1.21 bits per heavy atom. The van der Waals surface area contributed by atoms with E-state index < -0.39 is 0 Å². The second-order valence-electron chi connectivity index (χ2n) is 5.07. The highest BCUT2D eigenvalue weighted by Crippen LogP contribution is 2.28. The van der Waals surface area contributed by atoms with Gasteiger partial charge in [0.15, 0.2) is 0 Å². The summed E-state index contributed by atoms with van der Waals surface area (Å²) in [5.41, 5.74) is 7.26. The lowest BCUT2D eigenvalue weighted by molar-refractivity contribution is 0.730. The van der Waals surface area contributed by atoms with Gasteiger partial charge in [-0.3, -0.25) is 4.68 Å². The van der Waals surface area contributed by atoms with Gasteiger partial charge in [-0.2, -0.15) is 5.10 Å². The molecule has 0 aliphatic rings. The second-order valence-corrected chi connectivity index (χ2v) is 5.92. The van der Waals surface area contributed by atoms with Crippen LogP contribution in [-0.2, 0) is 13.6 Å². The number of hydrogen-bond acceptors (Lipinski definition) is 2. The Bertz CT molecular complexity index is 591. The first-order valence-corrected chi connectivity index (χ1v) is 7.19. The fourth-order valence-electron chi connectivity index (χ4n) is 2.39. The molecule has 4 heteroatoms. The first-order chi connectivity index (χ1) is 8.90. The topological polar surface area (TPSA) is 29.9 Å². The Hall–Kier alpha value is -1.29. The number of benzene rings is 1. The normalized spacial score (nSPS) is 10.8. The smallest absolute Gasteiger partial charge is 0.0646 e. The zero-order chi connectivity index (χ0) is 14.2. The van der Waals surface area contributed by atoms with Crippen molar-refractivity contribution in [2.75, 3.05) is 5.32 Å². The van der Waals surface area contributed by atoms with E-state index in [2.05, 4.69) is 66.2 Å². The highest BCUT2D eigenvalue weighted by atomic mass is 79.9. The van der Waals surface area contributed by atoms with Crippen molar-refractivity contribution in [3.63, 3.8) is 0 Å². The Labute approximate surface area is 123 Å². The van der Waals surface area contributed by atoms with Crippen LogP contribution in [0.15, 0.2) is 16.6 Å². The van der Waals surface area contributed by atoms with Crippen LogP contribution in [0.4, 0.5) is 5.69 Å². The summed E-state index contributed by atoms with van der Waals surface area (Å²) in [5.74, 6) is 0. The molecule has 0 saturated carbocycles. The summed E-state index contributed by atoms with van der Waals surface area (Å²) >= 11 is 3.63. The van der Waals surface area contributed by atoms with Crippen molar-refractivity contribution < 1.29 is 0 Å². The van der Waals surface area contributed by atoms with E-state index in [0.717, 1.165) is 22.4 Å². The molecule has 0 unspecified atom stereocenters. The third-order valence-corrected chi connectivity index (χ3v) is 4.16. The molecule has 1 aromatic heterocycles. The van der Waals surface area contributed by atoms with E-state index in [1.807, 2.05) is 11.7 Å². The SMILES string of the molecule is Cc1cc(C)c(NCc2c(C)nn(C)c2C)c(Br)c1. The molecule has 0 atom stereocenters. The quantitative estimate of drug-likeness (QED) is 0.925. The third kappa shape index (κ3) is 2.84. The summed E-state index contributed by atoms with van der Waals surface area (Å²) < 4.78 is 3.05. The molecule has 0 fully saturated rings. The number of aromatic nitrogens is 2. The lowest BCUT2D eigenvalue weighted by Crippen LogP contribution is -2.04. The minimum atomic E-state index is 0.800. The fraction of sp³-hybridized carbons (Fsp3) is 0.400. The van der Waals surface area contributed by atoms with Crippen LogP contribution in [-0.4, -0.2) is 9.78 Å². The van der Waals surface area contributed by atoms with Crippen LogP contribution < -0.4 is 5.32 Å². The van der Waals surface area contributed by atoms with Crippen molar-refractivity contribution in [3.05, 3.63) is 44.7 Å². The molecule has 1 aromatic carbocycles. The van der Waals surface area contributed by atoms with Gasteiger partial charge in [0, 0.05) is 29.3 Å². The van der Waals surface area contributed by atoms with E-state index in [1.54, 1.807) is 0 Å². The van der Waals surface area contributed by atoms with Gasteiger partial charge in [-0.15, -0.1) is 0 Å². The first-order valence-electron chi connectivity index (χ1n) is 6.40. The highest BCUT2D eigenvalue weighted by Gasteiger charge is 2.10. The lowest BCUT2D eigenvalue weighted by Gasteiger charge is -2.13. The molecule has 0 saturated heterocycles. The summed E-state index contributed by atoms with van der Waals surface area (Å²) in [6.45, 7) is 9.20. The molecular formula is C15H20BrN3. The molecule has 1 N–H and O–H groups in total. The van der Waals surface area contributed by atoms with Gasteiger partial charge in [0.2, 0.25) is 0 Å². The van der Waals surface area contributed by atoms with Crippen LogP contribution in [0.5, 0.6) is 0 Å². The van der Waals surface area contributed by atoms with E-state index in [4.69, 9.17) is 0 Å². The molecule has 0 amide bonds. The van der Waals surface area contributed by atoms with Crippen molar-refractivity contribution in [3.8, 4) is 0 Å². The molecule has 3 nitrogen and oxygen atoms in total. The third-order valence-electron chi connectivity index (χ3n) is 3.53. The van der Waals surface area contributed by atoms with Crippen LogP contribution in [0.25, 0.3) is 0 Å². The summed E-state index contributed by atoms with van der Waals surface area (Å²) in [4.78, 5) is 0. The van der Waals surface area contributed by atoms with Crippen molar-refractivity contribution >= 4 is 21.6 Å². The highest BCUT2D eigenvalue weighted by molar-refractivity contribution is 9.10. The molecule has 0 aliphatic heterocycles. The molecule has 0 aliphatic carbocycles. The van der Waals surface area contributed by atoms with Gasteiger partial charge in [0.25, 0.3) is 0 Å². The van der Waals surface area contributed by atoms with Crippen LogP contribution in [0.3, 0.4) is 0 Å². The number of nitrogens with one attached hydrogen (secondary N) is 1. The minimum absolute atomic E-state index is 0.800. The van der Waals surface area contributed by atoms with Crippen LogP contribution in [0, 0.1) is 27.7 Å². The fourth-order valence-corrected chi connectivity index (χ4v) is 3.20. The van der Waals surface area contributed by atoms with Crippen molar-refractivity contribution in [1.29, 1.82) is 0 Å². The number of aryl methyl sites for hydroxylation is 4. The maximum Gasteiger partial charge on any atom is 0.0646 e. The average molecular weight is 322 g/mol.